The molecular weight excluding hydrogens is 268 g/mol. The summed E-state index contributed by atoms with van der Waals surface area (Å²) in [5.41, 5.74) is 1.99. The summed E-state index contributed by atoms with van der Waals surface area (Å²) < 4.78 is 5.32. The lowest BCUT2D eigenvalue weighted by Gasteiger charge is -2.21. The first-order valence-corrected chi connectivity index (χ1v) is 6.93. The minimum atomic E-state index is -0.820. The van der Waals surface area contributed by atoms with Crippen LogP contribution in [0.1, 0.15) is 30.2 Å². The third-order valence-electron chi connectivity index (χ3n) is 3.78. The Labute approximate surface area is 122 Å². The molecule has 0 saturated heterocycles. The predicted octanol–water partition coefficient (Wildman–Crippen LogP) is 3.18. The Balaban J connectivity index is 1.91. The van der Waals surface area contributed by atoms with Gasteiger partial charge in [0.05, 0.1) is 11.8 Å². The Bertz CT molecular complexity index is 690. The summed E-state index contributed by atoms with van der Waals surface area (Å²) in [7, 11) is 0. The average Bonchev–Trinajstić information content (AvgIpc) is 2.97. The summed E-state index contributed by atoms with van der Waals surface area (Å²) in [6.45, 7) is 2.00. The van der Waals surface area contributed by atoms with Crippen molar-refractivity contribution in [3.05, 3.63) is 47.9 Å². The summed E-state index contributed by atoms with van der Waals surface area (Å²) >= 11 is 0. The molecule has 0 radical (unpaired) electrons. The highest BCUT2D eigenvalue weighted by molar-refractivity contribution is 5.71. The first-order valence-electron chi connectivity index (χ1n) is 6.93. The van der Waals surface area contributed by atoms with Crippen LogP contribution in [0.15, 0.2) is 40.9 Å². The maximum atomic E-state index is 11.3. The molecule has 5 heteroatoms. The van der Waals surface area contributed by atoms with Crippen LogP contribution < -0.4 is 0 Å². The van der Waals surface area contributed by atoms with Crippen molar-refractivity contribution in [2.75, 3.05) is 0 Å². The molecule has 0 fully saturated rings. The molecule has 0 spiro atoms. The second-order valence-electron chi connectivity index (χ2n) is 5.32. The topological polar surface area (TPSA) is 76.2 Å². The summed E-state index contributed by atoms with van der Waals surface area (Å²) in [4.78, 5) is 15.7. The zero-order valence-electron chi connectivity index (χ0n) is 11.7. The molecule has 0 amide bonds. The highest BCUT2D eigenvalue weighted by atomic mass is 16.5. The van der Waals surface area contributed by atoms with Gasteiger partial charge in [-0.25, -0.2) is 0 Å². The van der Waals surface area contributed by atoms with Crippen LogP contribution in [-0.2, 0) is 4.79 Å². The van der Waals surface area contributed by atoms with Crippen molar-refractivity contribution in [2.24, 2.45) is 5.92 Å². The van der Waals surface area contributed by atoms with Crippen LogP contribution in [0, 0.1) is 12.8 Å². The maximum Gasteiger partial charge on any atom is 0.307 e. The Hall–Kier alpha value is -2.43. The molecule has 1 aromatic heterocycles. The monoisotopic (exact) mass is 284 g/mol. The number of hydrogen-bond donors (Lipinski definition) is 1. The van der Waals surface area contributed by atoms with Gasteiger partial charge in [-0.3, -0.25) is 4.79 Å². The molecule has 0 unspecified atom stereocenters. The van der Waals surface area contributed by atoms with Crippen molar-refractivity contribution in [3.63, 3.8) is 0 Å². The van der Waals surface area contributed by atoms with Crippen LogP contribution >= 0.6 is 0 Å². The van der Waals surface area contributed by atoms with E-state index in [1.807, 2.05) is 43.3 Å². The number of hydrogen-bond acceptors (Lipinski definition) is 4. The van der Waals surface area contributed by atoms with Gasteiger partial charge in [-0.05, 0) is 25.8 Å². The molecule has 1 aliphatic carbocycles. The molecule has 21 heavy (non-hydrogen) atoms. The summed E-state index contributed by atoms with van der Waals surface area (Å²) in [6, 6.07) is 7.82. The lowest BCUT2D eigenvalue weighted by molar-refractivity contribution is -0.142. The minimum Gasteiger partial charge on any atom is -0.481 e. The summed E-state index contributed by atoms with van der Waals surface area (Å²) in [5.74, 6) is -0.658. The van der Waals surface area contributed by atoms with E-state index in [0.29, 0.717) is 24.6 Å². The fraction of sp³-hybridized carbons (Fsp3) is 0.312. The van der Waals surface area contributed by atoms with Crippen LogP contribution in [0.4, 0.5) is 0 Å². The van der Waals surface area contributed by atoms with Crippen molar-refractivity contribution in [1.82, 2.24) is 10.1 Å². The molecular formula is C16H16N2O3. The number of aromatic nitrogens is 2. The Kier molecular flexibility index (Phi) is 3.56. The highest BCUT2D eigenvalue weighted by Gasteiger charge is 2.33. The van der Waals surface area contributed by atoms with E-state index in [1.165, 1.54) is 0 Å². The number of carboxylic acids is 1. The smallest absolute Gasteiger partial charge is 0.307 e. The summed E-state index contributed by atoms with van der Waals surface area (Å²) in [6.07, 6.45) is 4.99. The number of allylic oxidation sites excluding steroid dienone is 2. The largest absolute Gasteiger partial charge is 0.481 e. The van der Waals surface area contributed by atoms with E-state index in [9.17, 15) is 9.90 Å². The second-order valence-corrected chi connectivity index (χ2v) is 5.32. The molecule has 1 N–H and O–H groups in total. The van der Waals surface area contributed by atoms with E-state index in [1.54, 1.807) is 0 Å². The average molecular weight is 284 g/mol. The van der Waals surface area contributed by atoms with Gasteiger partial charge in [0.2, 0.25) is 11.7 Å². The van der Waals surface area contributed by atoms with E-state index < -0.39 is 11.9 Å². The normalized spacial score (nSPS) is 21.4. The van der Waals surface area contributed by atoms with Gasteiger partial charge in [-0.15, -0.1) is 0 Å². The van der Waals surface area contributed by atoms with Gasteiger partial charge in [0, 0.05) is 5.56 Å². The quantitative estimate of drug-likeness (QED) is 0.876. The fourth-order valence-electron chi connectivity index (χ4n) is 2.65. The van der Waals surface area contributed by atoms with E-state index in [0.717, 1.165) is 11.1 Å². The zero-order valence-corrected chi connectivity index (χ0v) is 11.7. The first-order chi connectivity index (χ1) is 10.1. The lowest BCUT2D eigenvalue weighted by atomic mass is 9.83. The molecule has 2 aromatic rings. The van der Waals surface area contributed by atoms with Crippen molar-refractivity contribution >= 4 is 5.97 Å². The number of aliphatic carboxylic acids is 1. The van der Waals surface area contributed by atoms with Crippen LogP contribution in [-0.4, -0.2) is 21.2 Å². The van der Waals surface area contributed by atoms with Crippen LogP contribution in [0.3, 0.4) is 0 Å². The molecule has 108 valence electrons. The highest BCUT2D eigenvalue weighted by Crippen LogP contribution is 2.34. The maximum absolute atomic E-state index is 11.3. The number of rotatable bonds is 3. The van der Waals surface area contributed by atoms with Crippen molar-refractivity contribution in [1.29, 1.82) is 0 Å². The van der Waals surface area contributed by atoms with Gasteiger partial charge in [0.15, 0.2) is 0 Å². The third-order valence-corrected chi connectivity index (χ3v) is 3.78. The van der Waals surface area contributed by atoms with Gasteiger partial charge in [0.1, 0.15) is 0 Å². The number of carboxylic acid groups (broad SMARTS) is 1. The standard InChI is InChI=1S/C16H16N2O3/c1-10-5-4-6-11(9-10)14-17-15(21-18-14)12-7-2-3-8-13(12)16(19)20/h2-6,9,12-13H,7-8H2,1H3,(H,19,20)/t12-,13+/m1/s1. The summed E-state index contributed by atoms with van der Waals surface area (Å²) in [5, 5.41) is 13.3. The van der Waals surface area contributed by atoms with E-state index in [2.05, 4.69) is 10.1 Å². The van der Waals surface area contributed by atoms with Gasteiger partial charge in [0.25, 0.3) is 0 Å². The van der Waals surface area contributed by atoms with Crippen LogP contribution in [0.2, 0.25) is 0 Å². The Morgan fingerprint density at radius 2 is 2.14 bits per heavy atom. The van der Waals surface area contributed by atoms with Gasteiger partial charge in [-0.1, -0.05) is 41.1 Å². The third kappa shape index (κ3) is 2.72. The Morgan fingerprint density at radius 1 is 1.33 bits per heavy atom. The molecule has 0 saturated carbocycles. The van der Waals surface area contributed by atoms with Crippen molar-refractivity contribution in [3.8, 4) is 11.4 Å². The minimum absolute atomic E-state index is 0.251. The fourth-order valence-corrected chi connectivity index (χ4v) is 2.65. The Morgan fingerprint density at radius 3 is 2.90 bits per heavy atom. The van der Waals surface area contributed by atoms with E-state index in [-0.39, 0.29) is 5.92 Å². The molecule has 1 aromatic carbocycles. The van der Waals surface area contributed by atoms with E-state index in [4.69, 9.17) is 4.52 Å². The molecule has 2 atom stereocenters. The number of carbonyl (C=O) groups is 1. The van der Waals surface area contributed by atoms with Gasteiger partial charge >= 0.3 is 5.97 Å². The first kappa shape index (κ1) is 13.5. The molecule has 0 bridgehead atoms. The van der Waals surface area contributed by atoms with Crippen molar-refractivity contribution < 1.29 is 14.4 Å². The molecule has 5 nitrogen and oxygen atoms in total. The molecule has 1 aliphatic rings. The van der Waals surface area contributed by atoms with Crippen LogP contribution in [0.25, 0.3) is 11.4 Å². The van der Waals surface area contributed by atoms with E-state index >= 15 is 0 Å². The van der Waals surface area contributed by atoms with Crippen molar-refractivity contribution in [2.45, 2.75) is 25.7 Å². The lowest BCUT2D eigenvalue weighted by Crippen LogP contribution is -2.23. The van der Waals surface area contributed by atoms with Gasteiger partial charge in [-0.2, -0.15) is 4.98 Å². The van der Waals surface area contributed by atoms with Gasteiger partial charge < -0.3 is 9.63 Å². The number of aryl methyl sites for hydroxylation is 1. The molecule has 0 aliphatic heterocycles. The van der Waals surface area contributed by atoms with Crippen LogP contribution in [0.5, 0.6) is 0 Å². The zero-order chi connectivity index (χ0) is 14.8. The number of nitrogens with zero attached hydrogens (tertiary/aromatic N) is 2. The second kappa shape index (κ2) is 5.52. The number of benzene rings is 1. The molecule has 1 heterocycles. The SMILES string of the molecule is Cc1cccc(-c2noc([C@@H]3CC=CC[C@@H]3C(=O)O)n2)c1. The predicted molar refractivity (Wildman–Crippen MR) is 76.7 cm³/mol. The molecule has 3 rings (SSSR count).